The molecular weight excluding hydrogens is 486 g/mol. The van der Waals surface area contributed by atoms with Crippen LogP contribution in [0.25, 0.3) is 33.2 Å². The Morgan fingerprint density at radius 3 is 2.53 bits per heavy atom. The van der Waals surface area contributed by atoms with Gasteiger partial charge in [0.1, 0.15) is 28.6 Å². The number of carbonyl (C=O) groups excluding carboxylic acids is 1. The van der Waals surface area contributed by atoms with Gasteiger partial charge in [-0.3, -0.25) is 4.79 Å². The summed E-state index contributed by atoms with van der Waals surface area (Å²) in [6.07, 6.45) is 0.992. The zero-order valence-corrected chi connectivity index (χ0v) is 21.0. The average Bonchev–Trinajstić information content (AvgIpc) is 3.43. The first-order chi connectivity index (χ1) is 18.4. The molecule has 1 N–H and O–H groups in total. The third-order valence-corrected chi connectivity index (χ3v) is 7.11. The Hall–Kier alpha value is -4.33. The van der Waals surface area contributed by atoms with E-state index in [0.29, 0.717) is 23.5 Å². The molecule has 1 aliphatic rings. The van der Waals surface area contributed by atoms with Crippen LogP contribution in [0, 0.1) is 24.5 Å². The zero-order valence-electron chi connectivity index (χ0n) is 21.0. The molecule has 38 heavy (non-hydrogen) atoms. The lowest BCUT2D eigenvalue weighted by Gasteiger charge is -2.22. The number of halogens is 2. The molecule has 0 saturated carbocycles. The SMILES string of the molecule is Cc1nc(N2CC(CC(=O)Nc3cc(F)c(-c4ccccc4)c(F)c3)CC2C)c2oc3ccccc3c2n1. The van der Waals surface area contributed by atoms with Gasteiger partial charge in [0.2, 0.25) is 5.91 Å². The minimum Gasteiger partial charge on any atom is -0.450 e. The summed E-state index contributed by atoms with van der Waals surface area (Å²) in [7, 11) is 0. The standard InChI is InChI=1S/C30H26F2N4O2/c1-17-12-19(13-26(37)35-21-14-23(31)27(24(32)15-21)20-8-4-3-5-9-20)16-36(17)30-29-28(33-18(2)34-30)22-10-6-7-11-25(22)38-29/h3-11,14-15,17,19H,12-13,16H2,1-2H3,(H,35,37). The van der Waals surface area contributed by atoms with Crippen molar-refractivity contribution in [2.45, 2.75) is 32.7 Å². The number of fused-ring (bicyclic) bond motifs is 3. The largest absolute Gasteiger partial charge is 0.450 e. The molecule has 6 rings (SSSR count). The number of amides is 1. The van der Waals surface area contributed by atoms with Crippen molar-refractivity contribution in [3.05, 3.63) is 84.2 Å². The number of rotatable bonds is 5. The van der Waals surface area contributed by atoms with Crippen LogP contribution in [-0.4, -0.2) is 28.5 Å². The molecule has 1 amide bonds. The molecule has 0 bridgehead atoms. The predicted molar refractivity (Wildman–Crippen MR) is 144 cm³/mol. The third-order valence-electron chi connectivity index (χ3n) is 7.11. The highest BCUT2D eigenvalue weighted by atomic mass is 19.1. The maximum atomic E-state index is 14.8. The quantitative estimate of drug-likeness (QED) is 0.278. The summed E-state index contributed by atoms with van der Waals surface area (Å²) >= 11 is 0. The number of hydrogen-bond acceptors (Lipinski definition) is 5. The normalized spacial score (nSPS) is 17.4. The highest BCUT2D eigenvalue weighted by molar-refractivity contribution is 6.05. The number of aromatic nitrogens is 2. The van der Waals surface area contributed by atoms with Gasteiger partial charge in [-0.1, -0.05) is 42.5 Å². The number of aryl methyl sites for hydroxylation is 1. The first kappa shape index (κ1) is 24.0. The summed E-state index contributed by atoms with van der Waals surface area (Å²) in [5.41, 5.74) is 2.60. The van der Waals surface area contributed by atoms with Crippen LogP contribution in [-0.2, 0) is 4.79 Å². The van der Waals surface area contributed by atoms with Crippen molar-refractivity contribution in [1.82, 2.24) is 9.97 Å². The van der Waals surface area contributed by atoms with Crippen molar-refractivity contribution in [3.8, 4) is 11.1 Å². The molecule has 1 aliphatic heterocycles. The number of anilines is 2. The minimum atomic E-state index is -0.721. The number of hydrogen-bond donors (Lipinski definition) is 1. The molecule has 0 aliphatic carbocycles. The summed E-state index contributed by atoms with van der Waals surface area (Å²) in [5.74, 6) is -0.321. The van der Waals surface area contributed by atoms with Crippen LogP contribution in [0.3, 0.4) is 0 Å². The van der Waals surface area contributed by atoms with Crippen LogP contribution in [0.5, 0.6) is 0 Å². The molecule has 2 atom stereocenters. The van der Waals surface area contributed by atoms with Crippen molar-refractivity contribution in [2.75, 3.05) is 16.8 Å². The summed E-state index contributed by atoms with van der Waals surface area (Å²) in [6.45, 7) is 4.56. The van der Waals surface area contributed by atoms with E-state index in [9.17, 15) is 13.6 Å². The number of benzene rings is 3. The Balaban J connectivity index is 1.19. The number of carbonyl (C=O) groups is 1. The molecule has 3 heterocycles. The molecule has 6 nitrogen and oxygen atoms in total. The molecule has 1 saturated heterocycles. The fourth-order valence-corrected chi connectivity index (χ4v) is 5.47. The van der Waals surface area contributed by atoms with E-state index in [1.165, 1.54) is 0 Å². The fourth-order valence-electron chi connectivity index (χ4n) is 5.47. The third kappa shape index (κ3) is 4.36. The van der Waals surface area contributed by atoms with Crippen molar-refractivity contribution >= 4 is 39.5 Å². The number of para-hydroxylation sites is 1. The van der Waals surface area contributed by atoms with Gasteiger partial charge in [-0.15, -0.1) is 0 Å². The highest BCUT2D eigenvalue weighted by Crippen LogP contribution is 2.37. The van der Waals surface area contributed by atoms with Crippen LogP contribution in [0.4, 0.5) is 20.3 Å². The van der Waals surface area contributed by atoms with Gasteiger partial charge in [-0.25, -0.2) is 18.7 Å². The second-order valence-corrected chi connectivity index (χ2v) is 9.91. The lowest BCUT2D eigenvalue weighted by molar-refractivity contribution is -0.116. The van der Waals surface area contributed by atoms with Gasteiger partial charge in [0.05, 0.1) is 5.56 Å². The Bertz CT molecular complexity index is 1640. The van der Waals surface area contributed by atoms with Gasteiger partial charge in [0, 0.05) is 30.1 Å². The first-order valence-corrected chi connectivity index (χ1v) is 12.6. The summed E-state index contributed by atoms with van der Waals surface area (Å²) < 4.78 is 35.7. The van der Waals surface area contributed by atoms with Crippen LogP contribution in [0.15, 0.2) is 71.1 Å². The second kappa shape index (κ2) is 9.52. The molecule has 5 aromatic rings. The van der Waals surface area contributed by atoms with Crippen molar-refractivity contribution < 1.29 is 18.0 Å². The van der Waals surface area contributed by atoms with Gasteiger partial charge in [0.25, 0.3) is 0 Å². The average molecular weight is 513 g/mol. The van der Waals surface area contributed by atoms with E-state index < -0.39 is 11.6 Å². The predicted octanol–water partition coefficient (Wildman–Crippen LogP) is 6.87. The van der Waals surface area contributed by atoms with Crippen LogP contribution in [0.1, 0.15) is 25.6 Å². The van der Waals surface area contributed by atoms with Gasteiger partial charge in [-0.05, 0) is 56.0 Å². The highest BCUT2D eigenvalue weighted by Gasteiger charge is 2.33. The van der Waals surface area contributed by atoms with E-state index in [1.807, 2.05) is 31.2 Å². The minimum absolute atomic E-state index is 0.0398. The van der Waals surface area contributed by atoms with Gasteiger partial charge in [0.15, 0.2) is 11.4 Å². The number of furan rings is 1. The Kier molecular flexibility index (Phi) is 6.02. The zero-order chi connectivity index (χ0) is 26.4. The van der Waals surface area contributed by atoms with Crippen LogP contribution in [0.2, 0.25) is 0 Å². The smallest absolute Gasteiger partial charge is 0.224 e. The molecule has 0 spiro atoms. The molecule has 1 fully saturated rings. The molecule has 2 unspecified atom stereocenters. The van der Waals surface area contributed by atoms with E-state index in [4.69, 9.17) is 9.40 Å². The van der Waals surface area contributed by atoms with E-state index in [1.54, 1.807) is 30.3 Å². The van der Waals surface area contributed by atoms with E-state index >= 15 is 0 Å². The number of nitrogens with zero attached hydrogens (tertiary/aromatic N) is 3. The van der Waals surface area contributed by atoms with Gasteiger partial charge < -0.3 is 14.6 Å². The van der Waals surface area contributed by atoms with Gasteiger partial charge in [-0.2, -0.15) is 0 Å². The summed E-state index contributed by atoms with van der Waals surface area (Å²) in [5, 5.41) is 3.61. The van der Waals surface area contributed by atoms with Crippen molar-refractivity contribution in [3.63, 3.8) is 0 Å². The molecule has 3 aromatic carbocycles. The molecular formula is C30H26F2N4O2. The maximum absolute atomic E-state index is 14.8. The van der Waals surface area contributed by atoms with Crippen molar-refractivity contribution in [2.24, 2.45) is 5.92 Å². The molecule has 192 valence electrons. The topological polar surface area (TPSA) is 71.3 Å². The lowest BCUT2D eigenvalue weighted by atomic mass is 10.0. The fraction of sp³-hybridized carbons (Fsp3) is 0.233. The van der Waals surface area contributed by atoms with Crippen molar-refractivity contribution in [1.29, 1.82) is 0 Å². The van der Waals surface area contributed by atoms with E-state index in [2.05, 4.69) is 22.1 Å². The molecule has 8 heteroatoms. The van der Waals surface area contributed by atoms with Crippen LogP contribution < -0.4 is 10.2 Å². The second-order valence-electron chi connectivity index (χ2n) is 9.91. The summed E-state index contributed by atoms with van der Waals surface area (Å²) in [4.78, 5) is 24.3. The molecule has 2 aromatic heterocycles. The number of nitrogens with one attached hydrogen (secondary N) is 1. The van der Waals surface area contributed by atoms with Crippen LogP contribution >= 0.6 is 0 Å². The van der Waals surface area contributed by atoms with E-state index in [-0.39, 0.29) is 35.5 Å². The molecule has 0 radical (unpaired) electrons. The monoisotopic (exact) mass is 512 g/mol. The lowest BCUT2D eigenvalue weighted by Crippen LogP contribution is -2.28. The Morgan fingerprint density at radius 2 is 1.76 bits per heavy atom. The van der Waals surface area contributed by atoms with Gasteiger partial charge >= 0.3 is 0 Å². The first-order valence-electron chi connectivity index (χ1n) is 12.6. The Morgan fingerprint density at radius 1 is 1.05 bits per heavy atom. The maximum Gasteiger partial charge on any atom is 0.224 e. The van der Waals surface area contributed by atoms with E-state index in [0.717, 1.165) is 40.9 Å². The summed E-state index contributed by atoms with van der Waals surface area (Å²) in [6, 6.07) is 18.7. The Labute approximate surface area is 218 Å².